The standard InChI is InChI=1S/C7H5N2S/c1-2-6(8-3-1)7-4-10-5-9-7/h1-5H. The zero-order valence-corrected chi connectivity index (χ0v) is 6.01. The highest BCUT2D eigenvalue weighted by molar-refractivity contribution is 7.07. The second kappa shape index (κ2) is 2.27. The third kappa shape index (κ3) is 0.844. The maximum atomic E-state index is 4.11. The lowest BCUT2D eigenvalue weighted by molar-refractivity contribution is 1.19. The Hall–Kier alpha value is -1.09. The second-order valence-corrected chi connectivity index (χ2v) is 2.61. The molecule has 0 fully saturated rings. The number of thiazole rings is 1. The van der Waals surface area contributed by atoms with Crippen molar-refractivity contribution in [1.29, 1.82) is 0 Å². The minimum absolute atomic E-state index is 0.959. The maximum Gasteiger partial charge on any atom is 0.0995 e. The molecular weight excluding hydrogens is 144 g/mol. The van der Waals surface area contributed by atoms with Crippen LogP contribution in [0.1, 0.15) is 5.69 Å². The summed E-state index contributed by atoms with van der Waals surface area (Å²) in [5.74, 6) is 0. The van der Waals surface area contributed by atoms with Gasteiger partial charge in [0, 0.05) is 11.6 Å². The van der Waals surface area contributed by atoms with Crippen LogP contribution in [0, 0.1) is 0 Å². The quantitative estimate of drug-likeness (QED) is 0.596. The molecule has 0 atom stereocenters. The molecule has 0 aromatic carbocycles. The van der Waals surface area contributed by atoms with Crippen molar-refractivity contribution in [3.05, 3.63) is 34.9 Å². The summed E-state index contributed by atoms with van der Waals surface area (Å²) in [6, 6.07) is 0. The molecule has 49 valence electrons. The van der Waals surface area contributed by atoms with E-state index in [4.69, 9.17) is 0 Å². The molecule has 0 unspecified atom stereocenters. The molecule has 1 radical (unpaired) electrons. The van der Waals surface area contributed by atoms with Crippen LogP contribution in [-0.2, 0) is 0 Å². The molecule has 2 heterocycles. The summed E-state index contributed by atoms with van der Waals surface area (Å²) in [6.45, 7) is 0. The molecule has 0 spiro atoms. The molecule has 0 saturated heterocycles. The molecule has 1 aromatic rings. The molecule has 0 aliphatic carbocycles. The van der Waals surface area contributed by atoms with E-state index in [1.807, 2.05) is 23.0 Å². The molecule has 2 rings (SSSR count). The van der Waals surface area contributed by atoms with E-state index in [9.17, 15) is 0 Å². The topological polar surface area (TPSA) is 27.0 Å². The third-order valence-electron chi connectivity index (χ3n) is 1.25. The van der Waals surface area contributed by atoms with Crippen LogP contribution in [0.3, 0.4) is 0 Å². The van der Waals surface area contributed by atoms with Gasteiger partial charge in [0.15, 0.2) is 0 Å². The number of allylic oxidation sites excluding steroid dienone is 2. The molecular formula is C7H5N2S. The fourth-order valence-corrected chi connectivity index (χ4v) is 1.34. The van der Waals surface area contributed by atoms with E-state index in [2.05, 4.69) is 10.3 Å². The van der Waals surface area contributed by atoms with E-state index in [1.165, 1.54) is 0 Å². The van der Waals surface area contributed by atoms with Crippen LogP contribution in [0.2, 0.25) is 0 Å². The van der Waals surface area contributed by atoms with Crippen molar-refractivity contribution in [2.24, 2.45) is 0 Å². The molecule has 2 nitrogen and oxygen atoms in total. The number of nitrogens with zero attached hydrogens (tertiary/aromatic N) is 2. The maximum absolute atomic E-state index is 4.11. The van der Waals surface area contributed by atoms with Crippen LogP contribution in [0.15, 0.2) is 29.2 Å². The molecule has 1 aliphatic heterocycles. The number of hydrogen-bond acceptors (Lipinski definition) is 2. The van der Waals surface area contributed by atoms with Gasteiger partial charge in [-0.25, -0.2) is 4.98 Å². The first-order valence-electron chi connectivity index (χ1n) is 2.93. The molecule has 3 heteroatoms. The van der Waals surface area contributed by atoms with E-state index < -0.39 is 0 Å². The van der Waals surface area contributed by atoms with Gasteiger partial charge in [0.05, 0.1) is 16.9 Å². The Bertz CT molecular complexity index is 272. The summed E-state index contributed by atoms with van der Waals surface area (Å²) in [7, 11) is 0. The van der Waals surface area contributed by atoms with Crippen molar-refractivity contribution >= 4 is 17.0 Å². The minimum atomic E-state index is 0.959. The highest BCUT2D eigenvalue weighted by Gasteiger charge is 2.04. The number of hydrogen-bond donors (Lipinski definition) is 0. The fourth-order valence-electron chi connectivity index (χ4n) is 0.791. The Kier molecular flexibility index (Phi) is 1.29. The average molecular weight is 149 g/mol. The van der Waals surface area contributed by atoms with Crippen molar-refractivity contribution < 1.29 is 0 Å². The first-order chi connectivity index (χ1) is 4.97. The van der Waals surface area contributed by atoms with Crippen molar-refractivity contribution in [2.75, 3.05) is 0 Å². The molecule has 0 N–H and O–H groups in total. The molecule has 0 saturated carbocycles. The van der Waals surface area contributed by atoms with E-state index in [1.54, 1.807) is 17.5 Å². The van der Waals surface area contributed by atoms with Gasteiger partial charge in [0.2, 0.25) is 0 Å². The molecule has 0 bridgehead atoms. The van der Waals surface area contributed by atoms with Crippen LogP contribution >= 0.6 is 11.3 Å². The zero-order chi connectivity index (χ0) is 6.81. The summed E-state index contributed by atoms with van der Waals surface area (Å²) < 4.78 is 0. The Morgan fingerprint density at radius 1 is 1.40 bits per heavy atom. The smallest absolute Gasteiger partial charge is 0.0995 e. The van der Waals surface area contributed by atoms with Gasteiger partial charge >= 0.3 is 0 Å². The van der Waals surface area contributed by atoms with Gasteiger partial charge in [0.1, 0.15) is 0 Å². The zero-order valence-electron chi connectivity index (χ0n) is 5.19. The summed E-state index contributed by atoms with van der Waals surface area (Å²) in [4.78, 5) is 4.11. The van der Waals surface area contributed by atoms with Crippen molar-refractivity contribution in [1.82, 2.24) is 10.3 Å². The summed E-state index contributed by atoms with van der Waals surface area (Å²) in [5, 5.41) is 6.09. The summed E-state index contributed by atoms with van der Waals surface area (Å²) in [6.07, 6.45) is 5.64. The SMILES string of the molecule is C1=C[N]C(c2cscn2)=C1. The monoisotopic (exact) mass is 149 g/mol. The first-order valence-corrected chi connectivity index (χ1v) is 3.87. The van der Waals surface area contributed by atoms with Gasteiger partial charge < -0.3 is 0 Å². The lowest BCUT2D eigenvalue weighted by Gasteiger charge is -1.92. The average Bonchev–Trinajstić information content (AvgIpc) is 2.59. The first kappa shape index (κ1) is 5.68. The van der Waals surface area contributed by atoms with E-state index >= 15 is 0 Å². The minimum Gasteiger partial charge on any atom is -0.255 e. The Morgan fingerprint density at radius 3 is 3.00 bits per heavy atom. The van der Waals surface area contributed by atoms with E-state index in [0.29, 0.717) is 0 Å². The van der Waals surface area contributed by atoms with Gasteiger partial charge in [-0.3, -0.25) is 5.32 Å². The number of aromatic nitrogens is 1. The van der Waals surface area contributed by atoms with Crippen LogP contribution in [-0.4, -0.2) is 4.98 Å². The van der Waals surface area contributed by atoms with Crippen molar-refractivity contribution in [3.63, 3.8) is 0 Å². The van der Waals surface area contributed by atoms with Gasteiger partial charge in [-0.1, -0.05) is 0 Å². The lowest BCUT2D eigenvalue weighted by atomic mass is 10.3. The highest BCUT2D eigenvalue weighted by atomic mass is 32.1. The Morgan fingerprint density at radius 2 is 2.40 bits per heavy atom. The molecule has 1 aliphatic rings. The number of rotatable bonds is 1. The summed E-state index contributed by atoms with van der Waals surface area (Å²) in [5.41, 5.74) is 3.74. The van der Waals surface area contributed by atoms with Gasteiger partial charge in [-0.05, 0) is 12.2 Å². The van der Waals surface area contributed by atoms with Crippen molar-refractivity contribution in [3.8, 4) is 0 Å². The predicted octanol–water partition coefficient (Wildman–Crippen LogP) is 1.62. The molecule has 1 aromatic heterocycles. The fraction of sp³-hybridized carbons (Fsp3) is 0. The van der Waals surface area contributed by atoms with Crippen LogP contribution in [0.5, 0.6) is 0 Å². The second-order valence-electron chi connectivity index (χ2n) is 1.90. The Balaban J connectivity index is 2.30. The van der Waals surface area contributed by atoms with Gasteiger partial charge in [-0.2, -0.15) is 0 Å². The van der Waals surface area contributed by atoms with Gasteiger partial charge in [-0.15, -0.1) is 11.3 Å². The lowest BCUT2D eigenvalue weighted by Crippen LogP contribution is -1.90. The molecule has 10 heavy (non-hydrogen) atoms. The molecule has 0 amide bonds. The van der Waals surface area contributed by atoms with Crippen LogP contribution in [0.25, 0.3) is 5.70 Å². The van der Waals surface area contributed by atoms with Crippen LogP contribution < -0.4 is 5.32 Å². The normalized spacial score (nSPS) is 15.0. The van der Waals surface area contributed by atoms with Gasteiger partial charge in [0.25, 0.3) is 0 Å². The van der Waals surface area contributed by atoms with Crippen LogP contribution in [0.4, 0.5) is 0 Å². The summed E-state index contributed by atoms with van der Waals surface area (Å²) >= 11 is 1.59. The highest BCUT2D eigenvalue weighted by Crippen LogP contribution is 2.15. The van der Waals surface area contributed by atoms with Crippen molar-refractivity contribution in [2.45, 2.75) is 0 Å². The van der Waals surface area contributed by atoms with E-state index in [0.717, 1.165) is 11.4 Å². The predicted molar refractivity (Wildman–Crippen MR) is 41.4 cm³/mol. The van der Waals surface area contributed by atoms with E-state index in [-0.39, 0.29) is 0 Å². The third-order valence-corrected chi connectivity index (χ3v) is 1.84. The Labute approximate surface area is 62.9 Å². The largest absolute Gasteiger partial charge is 0.255 e.